The van der Waals surface area contributed by atoms with Gasteiger partial charge in [-0.3, -0.25) is 9.20 Å². The Labute approximate surface area is 124 Å². The van der Waals surface area contributed by atoms with Gasteiger partial charge in [0, 0.05) is 24.2 Å². The first-order valence-corrected chi connectivity index (χ1v) is 7.30. The van der Waals surface area contributed by atoms with Crippen LogP contribution in [0.2, 0.25) is 5.02 Å². The molecule has 0 aliphatic rings. The number of aromatic nitrogens is 3. The maximum absolute atomic E-state index is 12.0. The molecule has 3 heterocycles. The molecule has 0 radical (unpaired) electrons. The molecular formula is C14H10ClN3OS. The topological polar surface area (TPSA) is 47.3 Å². The first kappa shape index (κ1) is 13.1. The molecule has 0 aliphatic carbocycles. The van der Waals surface area contributed by atoms with Crippen LogP contribution >= 0.6 is 23.4 Å². The number of hydrogen-bond acceptors (Lipinski definition) is 4. The molecule has 0 bridgehead atoms. The van der Waals surface area contributed by atoms with Crippen LogP contribution in [-0.2, 0) is 5.75 Å². The molecule has 0 aliphatic heterocycles. The van der Waals surface area contributed by atoms with Gasteiger partial charge >= 0.3 is 0 Å². The summed E-state index contributed by atoms with van der Waals surface area (Å²) in [5.74, 6) is 0.603. The van der Waals surface area contributed by atoms with Crippen molar-refractivity contribution in [2.45, 2.75) is 10.8 Å². The van der Waals surface area contributed by atoms with E-state index in [1.165, 1.54) is 10.5 Å². The Morgan fingerprint density at radius 3 is 2.95 bits per heavy atom. The molecule has 100 valence electrons. The van der Waals surface area contributed by atoms with Crippen LogP contribution in [0.1, 0.15) is 5.69 Å². The van der Waals surface area contributed by atoms with Crippen molar-refractivity contribution < 1.29 is 0 Å². The summed E-state index contributed by atoms with van der Waals surface area (Å²) in [6.07, 6.45) is 3.31. The Bertz CT molecular complexity index is 804. The molecule has 0 amide bonds. The third kappa shape index (κ3) is 2.84. The second kappa shape index (κ2) is 5.64. The maximum Gasteiger partial charge on any atom is 0.258 e. The Balaban J connectivity index is 1.89. The van der Waals surface area contributed by atoms with Gasteiger partial charge in [0.05, 0.1) is 15.7 Å². The van der Waals surface area contributed by atoms with Gasteiger partial charge in [-0.25, -0.2) is 9.97 Å². The molecule has 4 nitrogen and oxygen atoms in total. The molecule has 0 saturated heterocycles. The quantitative estimate of drug-likeness (QED) is 0.698. The summed E-state index contributed by atoms with van der Waals surface area (Å²) in [5.41, 5.74) is 1.20. The van der Waals surface area contributed by atoms with Crippen LogP contribution in [0.3, 0.4) is 0 Å². The van der Waals surface area contributed by atoms with Gasteiger partial charge in [-0.15, -0.1) is 11.8 Å². The lowest BCUT2D eigenvalue weighted by atomic mass is 10.4. The van der Waals surface area contributed by atoms with Crippen LogP contribution in [-0.4, -0.2) is 14.4 Å². The summed E-state index contributed by atoms with van der Waals surface area (Å²) in [6, 6.07) is 10.7. The summed E-state index contributed by atoms with van der Waals surface area (Å²) in [7, 11) is 0. The van der Waals surface area contributed by atoms with Gasteiger partial charge < -0.3 is 0 Å². The summed E-state index contributed by atoms with van der Waals surface area (Å²) < 4.78 is 1.44. The largest absolute Gasteiger partial charge is 0.269 e. The molecule has 3 aromatic heterocycles. The fraction of sp³-hybridized carbons (Fsp3) is 0.0714. The van der Waals surface area contributed by atoms with Crippen LogP contribution < -0.4 is 5.56 Å². The molecule has 3 aromatic rings. The number of fused-ring (bicyclic) bond motifs is 1. The van der Waals surface area contributed by atoms with E-state index in [0.29, 0.717) is 16.4 Å². The van der Waals surface area contributed by atoms with Crippen molar-refractivity contribution in [3.8, 4) is 0 Å². The highest BCUT2D eigenvalue weighted by atomic mass is 35.5. The molecule has 3 rings (SSSR count). The molecule has 0 spiro atoms. The number of nitrogens with zero attached hydrogens (tertiary/aromatic N) is 3. The predicted molar refractivity (Wildman–Crippen MR) is 80.3 cm³/mol. The minimum absolute atomic E-state index is 0.130. The lowest BCUT2D eigenvalue weighted by molar-refractivity contribution is 1.01. The zero-order chi connectivity index (χ0) is 13.9. The van der Waals surface area contributed by atoms with E-state index < -0.39 is 0 Å². The number of halogens is 1. The molecule has 6 heteroatoms. The van der Waals surface area contributed by atoms with E-state index in [-0.39, 0.29) is 5.56 Å². The van der Waals surface area contributed by atoms with Crippen LogP contribution in [0.15, 0.2) is 58.6 Å². The SMILES string of the molecule is O=c1cc(CSc2ccccn2)nc2ccc(Cl)cn12. The molecule has 0 unspecified atom stereocenters. The second-order valence-electron chi connectivity index (χ2n) is 4.12. The van der Waals surface area contributed by atoms with Crippen molar-refractivity contribution in [1.82, 2.24) is 14.4 Å². The van der Waals surface area contributed by atoms with E-state index in [2.05, 4.69) is 9.97 Å². The first-order chi connectivity index (χ1) is 9.72. The highest BCUT2D eigenvalue weighted by molar-refractivity contribution is 7.98. The average Bonchev–Trinajstić information content (AvgIpc) is 2.47. The Morgan fingerprint density at radius 2 is 2.15 bits per heavy atom. The summed E-state index contributed by atoms with van der Waals surface area (Å²) >= 11 is 7.42. The Morgan fingerprint density at radius 1 is 1.25 bits per heavy atom. The lowest BCUT2D eigenvalue weighted by Gasteiger charge is -2.04. The van der Waals surface area contributed by atoms with E-state index in [9.17, 15) is 4.79 Å². The molecular weight excluding hydrogens is 294 g/mol. The molecule has 0 aromatic carbocycles. The van der Waals surface area contributed by atoms with Crippen LogP contribution in [0.4, 0.5) is 0 Å². The minimum Gasteiger partial charge on any atom is -0.269 e. The van der Waals surface area contributed by atoms with Crippen molar-refractivity contribution >= 4 is 29.0 Å². The van der Waals surface area contributed by atoms with E-state index in [0.717, 1.165) is 10.7 Å². The number of rotatable bonds is 3. The highest BCUT2D eigenvalue weighted by Crippen LogP contribution is 2.19. The smallest absolute Gasteiger partial charge is 0.258 e. The normalized spacial score (nSPS) is 10.8. The van der Waals surface area contributed by atoms with E-state index >= 15 is 0 Å². The molecule has 0 atom stereocenters. The Hall–Kier alpha value is -1.85. The number of pyridine rings is 2. The summed E-state index contributed by atoms with van der Waals surface area (Å²) in [6.45, 7) is 0. The molecule has 0 N–H and O–H groups in total. The zero-order valence-corrected chi connectivity index (χ0v) is 11.9. The van der Waals surface area contributed by atoms with Crippen LogP contribution in [0, 0.1) is 0 Å². The van der Waals surface area contributed by atoms with Gasteiger partial charge in [0.1, 0.15) is 5.65 Å². The van der Waals surface area contributed by atoms with E-state index in [1.54, 1.807) is 36.3 Å². The minimum atomic E-state index is -0.130. The molecule has 20 heavy (non-hydrogen) atoms. The van der Waals surface area contributed by atoms with Crippen molar-refractivity contribution in [2.75, 3.05) is 0 Å². The van der Waals surface area contributed by atoms with Gasteiger partial charge in [-0.1, -0.05) is 17.7 Å². The average molecular weight is 304 g/mol. The third-order valence-corrected chi connectivity index (χ3v) is 3.88. The Kier molecular flexibility index (Phi) is 3.71. The van der Waals surface area contributed by atoms with Crippen molar-refractivity contribution in [1.29, 1.82) is 0 Å². The van der Waals surface area contributed by atoms with Gasteiger partial charge in [0.2, 0.25) is 0 Å². The van der Waals surface area contributed by atoms with E-state index in [4.69, 9.17) is 11.6 Å². The first-order valence-electron chi connectivity index (χ1n) is 5.94. The fourth-order valence-electron chi connectivity index (χ4n) is 1.78. The lowest BCUT2D eigenvalue weighted by Crippen LogP contribution is -2.15. The third-order valence-electron chi connectivity index (χ3n) is 2.68. The second-order valence-corrected chi connectivity index (χ2v) is 5.55. The van der Waals surface area contributed by atoms with Gasteiger partial charge in [0.15, 0.2) is 0 Å². The highest BCUT2D eigenvalue weighted by Gasteiger charge is 2.04. The summed E-state index contributed by atoms with van der Waals surface area (Å²) in [5, 5.41) is 1.42. The van der Waals surface area contributed by atoms with Gasteiger partial charge in [-0.05, 0) is 24.3 Å². The maximum atomic E-state index is 12.0. The molecule has 0 saturated carbocycles. The predicted octanol–water partition coefficient (Wildman–Crippen LogP) is 3.04. The summed E-state index contributed by atoms with van der Waals surface area (Å²) in [4.78, 5) is 20.7. The van der Waals surface area contributed by atoms with E-state index in [1.807, 2.05) is 18.2 Å². The van der Waals surface area contributed by atoms with Crippen molar-refractivity contribution in [2.24, 2.45) is 0 Å². The number of hydrogen-bond donors (Lipinski definition) is 0. The van der Waals surface area contributed by atoms with Gasteiger partial charge in [-0.2, -0.15) is 0 Å². The van der Waals surface area contributed by atoms with Gasteiger partial charge in [0.25, 0.3) is 5.56 Å². The zero-order valence-electron chi connectivity index (χ0n) is 10.4. The van der Waals surface area contributed by atoms with Crippen LogP contribution in [0.25, 0.3) is 5.65 Å². The van der Waals surface area contributed by atoms with Crippen molar-refractivity contribution in [3.05, 3.63) is 69.9 Å². The standard InChI is InChI=1S/C14H10ClN3OS/c15-10-4-5-12-17-11(7-14(19)18(12)8-10)9-20-13-3-1-2-6-16-13/h1-8H,9H2. The molecule has 0 fully saturated rings. The number of thioether (sulfide) groups is 1. The fourth-order valence-corrected chi connectivity index (χ4v) is 2.69. The van der Waals surface area contributed by atoms with Crippen molar-refractivity contribution in [3.63, 3.8) is 0 Å². The van der Waals surface area contributed by atoms with Crippen LogP contribution in [0.5, 0.6) is 0 Å². The monoisotopic (exact) mass is 303 g/mol.